The maximum atomic E-state index is 14.1. The van der Waals surface area contributed by atoms with E-state index in [9.17, 15) is 26.7 Å². The van der Waals surface area contributed by atoms with Gasteiger partial charge in [-0.15, -0.1) is 0 Å². The van der Waals surface area contributed by atoms with Crippen LogP contribution < -0.4 is 10.6 Å². The zero-order chi connectivity index (χ0) is 16.1. The van der Waals surface area contributed by atoms with E-state index in [0.29, 0.717) is 12.1 Å². The van der Waals surface area contributed by atoms with Crippen LogP contribution in [0.5, 0.6) is 0 Å². The molecule has 1 aliphatic heterocycles. The lowest BCUT2D eigenvalue weighted by Crippen LogP contribution is -2.59. The Morgan fingerprint density at radius 2 is 1.91 bits per heavy atom. The SMILES string of the molecule is O=C1Nc2ccc(F)c(F)c2[C@@](/C=C/C2CC2)(C(F)(F)F)N1. The number of carbonyl (C=O) groups excluding carboxylic acids is 1. The maximum Gasteiger partial charge on any atom is 0.419 e. The average Bonchev–Trinajstić information content (AvgIpc) is 3.23. The number of benzene rings is 1. The van der Waals surface area contributed by atoms with Gasteiger partial charge in [-0.2, -0.15) is 13.2 Å². The number of urea groups is 1. The molecule has 22 heavy (non-hydrogen) atoms. The molecule has 118 valence electrons. The zero-order valence-corrected chi connectivity index (χ0v) is 11.1. The van der Waals surface area contributed by atoms with Gasteiger partial charge in [0.05, 0.1) is 11.3 Å². The summed E-state index contributed by atoms with van der Waals surface area (Å²) < 4.78 is 68.5. The molecule has 0 radical (unpaired) electrons. The first-order valence-corrected chi connectivity index (χ1v) is 6.58. The molecule has 1 aliphatic carbocycles. The lowest BCUT2D eigenvalue weighted by molar-refractivity contribution is -0.182. The second-order valence-electron chi connectivity index (χ2n) is 5.37. The van der Waals surface area contributed by atoms with E-state index in [1.165, 1.54) is 6.08 Å². The highest BCUT2D eigenvalue weighted by atomic mass is 19.4. The van der Waals surface area contributed by atoms with E-state index in [0.717, 1.165) is 18.9 Å². The Balaban J connectivity index is 2.25. The van der Waals surface area contributed by atoms with Gasteiger partial charge in [-0.25, -0.2) is 13.6 Å². The van der Waals surface area contributed by atoms with Crippen LogP contribution in [-0.2, 0) is 5.54 Å². The first-order chi connectivity index (χ1) is 10.2. The van der Waals surface area contributed by atoms with Crippen LogP contribution in [0.2, 0.25) is 0 Å². The highest BCUT2D eigenvalue weighted by Crippen LogP contribution is 2.47. The zero-order valence-electron chi connectivity index (χ0n) is 11.1. The fraction of sp³-hybridized carbons (Fsp3) is 0.357. The molecule has 0 aromatic heterocycles. The minimum absolute atomic E-state index is 0.0360. The molecule has 3 nitrogen and oxygen atoms in total. The van der Waals surface area contributed by atoms with E-state index in [2.05, 4.69) is 5.32 Å². The van der Waals surface area contributed by atoms with Crippen molar-refractivity contribution in [3.63, 3.8) is 0 Å². The summed E-state index contributed by atoms with van der Waals surface area (Å²) in [5, 5.41) is 3.78. The largest absolute Gasteiger partial charge is 0.419 e. The van der Waals surface area contributed by atoms with Crippen LogP contribution in [-0.4, -0.2) is 12.2 Å². The number of alkyl halides is 3. The molecule has 0 saturated heterocycles. The van der Waals surface area contributed by atoms with E-state index in [4.69, 9.17) is 0 Å². The Hall–Kier alpha value is -2.12. The summed E-state index contributed by atoms with van der Waals surface area (Å²) in [6.45, 7) is 0. The van der Waals surface area contributed by atoms with E-state index in [1.807, 2.05) is 0 Å². The van der Waals surface area contributed by atoms with E-state index >= 15 is 0 Å². The van der Waals surface area contributed by atoms with Crippen LogP contribution in [0.3, 0.4) is 0 Å². The third kappa shape index (κ3) is 2.22. The van der Waals surface area contributed by atoms with Crippen LogP contribution in [0.15, 0.2) is 24.3 Å². The number of amides is 2. The molecule has 1 heterocycles. The van der Waals surface area contributed by atoms with Gasteiger partial charge in [-0.05, 0) is 37.0 Å². The van der Waals surface area contributed by atoms with Crippen LogP contribution in [0, 0.1) is 17.6 Å². The second kappa shape index (κ2) is 4.69. The van der Waals surface area contributed by atoms with Crippen molar-refractivity contribution >= 4 is 11.7 Å². The summed E-state index contributed by atoms with van der Waals surface area (Å²) in [5.41, 5.74) is -4.45. The number of carbonyl (C=O) groups is 1. The summed E-state index contributed by atoms with van der Waals surface area (Å²) >= 11 is 0. The molecule has 1 aromatic carbocycles. The van der Waals surface area contributed by atoms with Gasteiger partial charge in [0.15, 0.2) is 17.2 Å². The highest BCUT2D eigenvalue weighted by molar-refractivity contribution is 5.94. The van der Waals surface area contributed by atoms with Gasteiger partial charge in [-0.1, -0.05) is 6.08 Å². The predicted molar refractivity (Wildman–Crippen MR) is 68.1 cm³/mol. The van der Waals surface area contributed by atoms with Crippen molar-refractivity contribution in [2.24, 2.45) is 5.92 Å². The quantitative estimate of drug-likeness (QED) is 0.631. The molecule has 2 amide bonds. The van der Waals surface area contributed by atoms with Crippen molar-refractivity contribution in [3.05, 3.63) is 41.5 Å². The maximum absolute atomic E-state index is 14.1. The number of rotatable bonds is 2. The third-order valence-corrected chi connectivity index (χ3v) is 3.74. The lowest BCUT2D eigenvalue weighted by Gasteiger charge is -2.39. The molecular weight excluding hydrogens is 307 g/mol. The average molecular weight is 318 g/mol. The van der Waals surface area contributed by atoms with E-state index in [1.54, 1.807) is 5.32 Å². The van der Waals surface area contributed by atoms with Crippen LogP contribution in [0.25, 0.3) is 0 Å². The Morgan fingerprint density at radius 3 is 2.50 bits per heavy atom. The summed E-state index contributed by atoms with van der Waals surface area (Å²) in [7, 11) is 0. The van der Waals surface area contributed by atoms with Crippen molar-refractivity contribution in [2.75, 3.05) is 5.32 Å². The monoisotopic (exact) mass is 318 g/mol. The Kier molecular flexibility index (Phi) is 3.15. The van der Waals surface area contributed by atoms with Gasteiger partial charge in [0.25, 0.3) is 0 Å². The molecule has 1 atom stereocenters. The molecule has 3 rings (SSSR count). The molecular formula is C14H11F5N2O. The Labute approximate surface area is 122 Å². The molecule has 0 spiro atoms. The molecule has 0 unspecified atom stereocenters. The number of anilines is 1. The van der Waals surface area contributed by atoms with Crippen LogP contribution >= 0.6 is 0 Å². The Bertz CT molecular complexity index is 666. The second-order valence-corrected chi connectivity index (χ2v) is 5.37. The van der Waals surface area contributed by atoms with Gasteiger partial charge in [-0.3, -0.25) is 0 Å². The molecule has 2 N–H and O–H groups in total. The van der Waals surface area contributed by atoms with Gasteiger partial charge in [0.2, 0.25) is 0 Å². The van der Waals surface area contributed by atoms with Crippen molar-refractivity contribution in [1.82, 2.24) is 5.32 Å². The van der Waals surface area contributed by atoms with Crippen LogP contribution in [0.4, 0.5) is 32.4 Å². The highest BCUT2D eigenvalue weighted by Gasteiger charge is 2.59. The van der Waals surface area contributed by atoms with Crippen molar-refractivity contribution < 1.29 is 26.7 Å². The summed E-state index contributed by atoms with van der Waals surface area (Å²) in [6, 6.07) is 0.458. The van der Waals surface area contributed by atoms with Crippen molar-refractivity contribution in [1.29, 1.82) is 0 Å². The molecule has 2 aliphatic rings. The standard InChI is InChI=1S/C14H11F5N2O/c15-8-3-4-9-10(11(8)16)13(14(17,18)19,21-12(22)20-9)6-5-7-1-2-7/h3-7H,1-2H2,(H2,20,21,22)/b6-5+/t13-/m0/s1. The molecule has 0 bridgehead atoms. The normalized spacial score (nSPS) is 24.9. The first-order valence-electron chi connectivity index (χ1n) is 6.58. The number of fused-ring (bicyclic) bond motifs is 1. The summed E-state index contributed by atoms with van der Waals surface area (Å²) in [4.78, 5) is 11.6. The molecule has 1 aromatic rings. The number of allylic oxidation sites excluding steroid dienone is 1. The van der Waals surface area contributed by atoms with Crippen LogP contribution in [0.1, 0.15) is 18.4 Å². The number of hydrogen-bond donors (Lipinski definition) is 2. The molecule has 8 heteroatoms. The first kappa shape index (κ1) is 14.8. The van der Waals surface area contributed by atoms with Crippen molar-refractivity contribution in [3.8, 4) is 0 Å². The van der Waals surface area contributed by atoms with Gasteiger partial charge >= 0.3 is 12.2 Å². The Morgan fingerprint density at radius 1 is 1.23 bits per heavy atom. The van der Waals surface area contributed by atoms with Gasteiger partial charge < -0.3 is 10.6 Å². The topological polar surface area (TPSA) is 41.1 Å². The summed E-state index contributed by atoms with van der Waals surface area (Å²) in [6.07, 6.45) is -1.57. The van der Waals surface area contributed by atoms with E-state index < -0.39 is 40.6 Å². The number of hydrogen-bond acceptors (Lipinski definition) is 1. The van der Waals surface area contributed by atoms with Crippen molar-refractivity contribution in [2.45, 2.75) is 24.6 Å². The fourth-order valence-electron chi connectivity index (χ4n) is 2.44. The minimum Gasteiger partial charge on any atom is -0.316 e. The summed E-state index contributed by atoms with van der Waals surface area (Å²) in [5.74, 6) is -3.08. The van der Waals surface area contributed by atoms with Gasteiger partial charge in [0.1, 0.15) is 0 Å². The fourth-order valence-corrected chi connectivity index (χ4v) is 2.44. The smallest absolute Gasteiger partial charge is 0.316 e. The number of nitrogens with one attached hydrogen (secondary N) is 2. The predicted octanol–water partition coefficient (Wildman–Crippen LogP) is 3.82. The number of halogens is 5. The molecule has 1 fully saturated rings. The third-order valence-electron chi connectivity index (χ3n) is 3.74. The lowest BCUT2D eigenvalue weighted by atomic mass is 9.84. The minimum atomic E-state index is -5.03. The molecule has 1 saturated carbocycles. The van der Waals surface area contributed by atoms with Gasteiger partial charge in [0, 0.05) is 0 Å². The van der Waals surface area contributed by atoms with E-state index in [-0.39, 0.29) is 5.92 Å².